The Bertz CT molecular complexity index is 557. The van der Waals surface area contributed by atoms with Crippen LogP contribution in [0.2, 0.25) is 5.02 Å². The zero-order valence-electron chi connectivity index (χ0n) is 9.42. The van der Waals surface area contributed by atoms with Crippen LogP contribution >= 0.6 is 11.6 Å². The molecule has 0 saturated carbocycles. The van der Waals surface area contributed by atoms with Gasteiger partial charge in [0.2, 0.25) is 10.0 Å². The van der Waals surface area contributed by atoms with Gasteiger partial charge in [0.1, 0.15) is 6.04 Å². The molecule has 0 fully saturated rings. The van der Waals surface area contributed by atoms with Gasteiger partial charge in [-0.25, -0.2) is 8.42 Å². The number of halogens is 1. The average Bonchev–Trinajstić information content (AvgIpc) is 2.24. The van der Waals surface area contributed by atoms with Gasteiger partial charge in [-0.3, -0.25) is 4.79 Å². The first-order valence-corrected chi connectivity index (χ1v) is 6.76. The second-order valence-electron chi connectivity index (χ2n) is 3.60. The van der Waals surface area contributed by atoms with Crippen molar-refractivity contribution in [3.63, 3.8) is 0 Å². The van der Waals surface area contributed by atoms with Crippen LogP contribution in [0.15, 0.2) is 23.1 Å². The molecule has 0 aliphatic rings. The number of rotatable bonds is 5. The first-order chi connectivity index (χ1) is 8.27. The maximum atomic E-state index is 11.9. The summed E-state index contributed by atoms with van der Waals surface area (Å²) in [4.78, 5) is 10.6. The molecule has 0 saturated heterocycles. The lowest BCUT2D eigenvalue weighted by atomic mass is 10.2. The monoisotopic (exact) mass is 293 g/mol. The van der Waals surface area contributed by atoms with Crippen LogP contribution in [0.1, 0.15) is 5.56 Å². The van der Waals surface area contributed by atoms with Gasteiger partial charge in [0.25, 0.3) is 0 Å². The number of hydrogen-bond acceptors (Lipinski definition) is 4. The van der Waals surface area contributed by atoms with Crippen LogP contribution in [0.4, 0.5) is 0 Å². The van der Waals surface area contributed by atoms with Gasteiger partial charge in [-0.1, -0.05) is 11.6 Å². The second-order valence-corrected chi connectivity index (χ2v) is 5.72. The molecule has 1 atom stereocenters. The molecule has 1 aromatic rings. The smallest absolute Gasteiger partial charge is 0.324 e. The zero-order valence-corrected chi connectivity index (χ0v) is 11.0. The molecular formula is C10H12ClNO5S. The fourth-order valence-corrected chi connectivity index (χ4v) is 2.96. The molecule has 1 rings (SSSR count). The first-order valence-electron chi connectivity index (χ1n) is 4.90. The van der Waals surface area contributed by atoms with Crippen molar-refractivity contribution in [3.8, 4) is 0 Å². The lowest BCUT2D eigenvalue weighted by Gasteiger charge is -2.13. The Labute approximate surface area is 109 Å². The van der Waals surface area contributed by atoms with E-state index in [9.17, 15) is 13.2 Å². The fourth-order valence-electron chi connectivity index (χ4n) is 1.33. The number of aliphatic hydroxyl groups is 1. The summed E-state index contributed by atoms with van der Waals surface area (Å²) in [5.41, 5.74) is 0.386. The molecule has 0 spiro atoms. The molecule has 0 radical (unpaired) electrons. The average molecular weight is 294 g/mol. The molecular weight excluding hydrogens is 282 g/mol. The molecule has 8 heteroatoms. The Hall–Kier alpha value is -1.15. The van der Waals surface area contributed by atoms with Crippen molar-refractivity contribution < 1.29 is 23.4 Å². The number of nitrogens with one attached hydrogen (secondary N) is 1. The van der Waals surface area contributed by atoms with E-state index in [1.54, 1.807) is 0 Å². The van der Waals surface area contributed by atoms with Crippen LogP contribution in [0.5, 0.6) is 0 Å². The summed E-state index contributed by atoms with van der Waals surface area (Å²) in [5.74, 6) is -1.45. The maximum absolute atomic E-state index is 11.9. The van der Waals surface area contributed by atoms with Crippen LogP contribution < -0.4 is 4.72 Å². The lowest BCUT2D eigenvalue weighted by molar-refractivity contribution is -0.139. The van der Waals surface area contributed by atoms with Crippen LogP contribution in [-0.2, 0) is 14.8 Å². The van der Waals surface area contributed by atoms with Crippen LogP contribution in [0, 0.1) is 6.92 Å². The quantitative estimate of drug-likeness (QED) is 0.728. The zero-order chi connectivity index (χ0) is 13.9. The van der Waals surface area contributed by atoms with E-state index < -0.39 is 28.6 Å². The minimum Gasteiger partial charge on any atom is -0.480 e. The molecule has 0 aliphatic heterocycles. The van der Waals surface area contributed by atoms with Crippen LogP contribution in [-0.4, -0.2) is 37.2 Å². The van der Waals surface area contributed by atoms with Gasteiger partial charge in [0, 0.05) is 5.02 Å². The van der Waals surface area contributed by atoms with Crippen molar-refractivity contribution in [1.29, 1.82) is 0 Å². The van der Waals surface area contributed by atoms with E-state index in [1.807, 2.05) is 4.72 Å². The van der Waals surface area contributed by atoms with Gasteiger partial charge < -0.3 is 10.2 Å². The maximum Gasteiger partial charge on any atom is 0.324 e. The molecule has 0 amide bonds. The molecule has 0 aromatic heterocycles. The summed E-state index contributed by atoms with van der Waals surface area (Å²) in [6, 6.07) is 2.53. The van der Waals surface area contributed by atoms with Gasteiger partial charge in [-0.05, 0) is 30.7 Å². The molecule has 0 unspecified atom stereocenters. The Morgan fingerprint density at radius 1 is 1.50 bits per heavy atom. The van der Waals surface area contributed by atoms with Crippen LogP contribution in [0.25, 0.3) is 0 Å². The number of benzene rings is 1. The largest absolute Gasteiger partial charge is 0.480 e. The van der Waals surface area contributed by atoms with E-state index in [-0.39, 0.29) is 4.90 Å². The highest BCUT2D eigenvalue weighted by Gasteiger charge is 2.25. The van der Waals surface area contributed by atoms with E-state index >= 15 is 0 Å². The van der Waals surface area contributed by atoms with Crippen molar-refractivity contribution in [2.24, 2.45) is 0 Å². The van der Waals surface area contributed by atoms with Gasteiger partial charge in [-0.2, -0.15) is 4.72 Å². The Morgan fingerprint density at radius 3 is 2.56 bits per heavy atom. The van der Waals surface area contributed by atoms with E-state index in [2.05, 4.69) is 0 Å². The minimum atomic E-state index is -4.01. The van der Waals surface area contributed by atoms with E-state index in [4.69, 9.17) is 21.8 Å². The van der Waals surface area contributed by atoms with Crippen molar-refractivity contribution in [3.05, 3.63) is 28.8 Å². The Morgan fingerprint density at radius 2 is 2.11 bits per heavy atom. The van der Waals surface area contributed by atoms with E-state index in [1.165, 1.54) is 25.1 Å². The number of carboxylic acid groups (broad SMARTS) is 1. The summed E-state index contributed by atoms with van der Waals surface area (Å²) >= 11 is 5.70. The van der Waals surface area contributed by atoms with Crippen LogP contribution in [0.3, 0.4) is 0 Å². The number of hydrogen-bond donors (Lipinski definition) is 3. The Kier molecular flexibility index (Phi) is 4.69. The van der Waals surface area contributed by atoms with Gasteiger partial charge in [0.05, 0.1) is 11.5 Å². The van der Waals surface area contributed by atoms with E-state index in [0.29, 0.717) is 10.6 Å². The molecule has 100 valence electrons. The fraction of sp³-hybridized carbons (Fsp3) is 0.300. The molecule has 3 N–H and O–H groups in total. The van der Waals surface area contributed by atoms with Gasteiger partial charge in [0.15, 0.2) is 0 Å². The highest BCUT2D eigenvalue weighted by Crippen LogP contribution is 2.19. The number of aryl methyl sites for hydroxylation is 1. The predicted octanol–water partition coefficient (Wildman–Crippen LogP) is 0.372. The standard InChI is InChI=1S/C10H12ClNO5S/c1-6-4-7(11)2-3-9(6)18(16,17)12-8(5-13)10(14)15/h2-4,8,12-13H,5H2,1H3,(H,14,15)/t8-/m1/s1. The van der Waals surface area contributed by atoms with Crippen molar-refractivity contribution in [2.45, 2.75) is 17.9 Å². The third kappa shape index (κ3) is 3.42. The highest BCUT2D eigenvalue weighted by molar-refractivity contribution is 7.89. The number of aliphatic hydroxyl groups excluding tert-OH is 1. The van der Waals surface area contributed by atoms with Crippen molar-refractivity contribution in [1.82, 2.24) is 4.72 Å². The molecule has 18 heavy (non-hydrogen) atoms. The third-order valence-electron chi connectivity index (χ3n) is 2.20. The molecule has 6 nitrogen and oxygen atoms in total. The van der Waals surface area contributed by atoms with Gasteiger partial charge in [-0.15, -0.1) is 0 Å². The normalized spacial score (nSPS) is 13.3. The highest BCUT2D eigenvalue weighted by atomic mass is 35.5. The predicted molar refractivity (Wildman–Crippen MR) is 65.0 cm³/mol. The molecule has 0 heterocycles. The summed E-state index contributed by atoms with van der Waals surface area (Å²) in [7, 11) is -4.01. The summed E-state index contributed by atoms with van der Waals surface area (Å²) in [6.07, 6.45) is 0. The third-order valence-corrected chi connectivity index (χ3v) is 4.07. The Balaban J connectivity index is 3.10. The number of sulfonamides is 1. The summed E-state index contributed by atoms with van der Waals surface area (Å²) in [6.45, 7) is 0.705. The lowest BCUT2D eigenvalue weighted by Crippen LogP contribution is -2.43. The number of carbonyl (C=O) groups is 1. The van der Waals surface area contributed by atoms with Gasteiger partial charge >= 0.3 is 5.97 Å². The van der Waals surface area contributed by atoms with E-state index in [0.717, 1.165) is 0 Å². The molecule has 1 aromatic carbocycles. The molecule has 0 aliphatic carbocycles. The molecule has 0 bridgehead atoms. The second kappa shape index (κ2) is 5.66. The number of carboxylic acids is 1. The summed E-state index contributed by atoms with van der Waals surface area (Å²) < 4.78 is 25.7. The minimum absolute atomic E-state index is 0.0772. The topological polar surface area (TPSA) is 104 Å². The number of aliphatic carboxylic acids is 1. The van der Waals surface area contributed by atoms with Crippen molar-refractivity contribution in [2.75, 3.05) is 6.61 Å². The SMILES string of the molecule is Cc1cc(Cl)ccc1S(=O)(=O)N[C@H](CO)C(=O)O. The first kappa shape index (κ1) is 14.9. The van der Waals surface area contributed by atoms with Crippen molar-refractivity contribution >= 4 is 27.6 Å². The summed E-state index contributed by atoms with van der Waals surface area (Å²) in [5, 5.41) is 17.9.